The monoisotopic (exact) mass is 430 g/mol. The molecule has 4 atom stereocenters. The maximum absolute atomic E-state index is 12.7. The molecule has 1 aromatic heterocycles. The van der Waals surface area contributed by atoms with E-state index < -0.39 is 0 Å². The average molecular weight is 431 g/mol. The normalized spacial score (nSPS) is 22.5. The molecule has 1 aliphatic carbocycles. The van der Waals surface area contributed by atoms with Gasteiger partial charge in [0.2, 0.25) is 11.8 Å². The van der Waals surface area contributed by atoms with Crippen molar-refractivity contribution in [1.29, 1.82) is 0 Å². The Morgan fingerprint density at radius 2 is 1.90 bits per heavy atom. The highest BCUT2D eigenvalue weighted by Gasteiger charge is 2.30. The zero-order valence-electron chi connectivity index (χ0n) is 18.7. The van der Waals surface area contributed by atoms with Gasteiger partial charge in [-0.25, -0.2) is 0 Å². The van der Waals surface area contributed by atoms with Crippen molar-refractivity contribution in [2.24, 2.45) is 11.8 Å². The van der Waals surface area contributed by atoms with Crippen molar-refractivity contribution in [1.82, 2.24) is 15.5 Å². The van der Waals surface area contributed by atoms with Crippen LogP contribution < -0.4 is 10.2 Å². The van der Waals surface area contributed by atoms with E-state index >= 15 is 0 Å². The zero-order valence-corrected chi connectivity index (χ0v) is 19.5. The highest BCUT2D eigenvalue weighted by Crippen LogP contribution is 2.31. The number of nitrogens with zero attached hydrogens (tertiary/aromatic N) is 3. The lowest BCUT2D eigenvalue weighted by Gasteiger charge is -2.35. The lowest BCUT2D eigenvalue weighted by molar-refractivity contribution is -0.121. The van der Waals surface area contributed by atoms with E-state index in [1.807, 2.05) is 19.1 Å². The van der Waals surface area contributed by atoms with Crippen LogP contribution >= 0.6 is 11.8 Å². The Kier molecular flexibility index (Phi) is 7.81. The molecule has 1 aromatic carbocycles. The Hall–Kier alpha value is -2.02. The summed E-state index contributed by atoms with van der Waals surface area (Å²) < 4.78 is 5.82. The molecule has 2 aromatic rings. The standard InChI is InChI=1S/C23H34N4O2S/c1-6-27(7-2)19-13-11-18(12-14-19)22-25-26-23(29-22)30-17(5)21(28)24-20-10-8-9-15(3)16(20)4/h11-17,20H,6-10H2,1-5H3,(H,24,28)/t15-,16-,17-,20-/m1/s1. The second kappa shape index (κ2) is 10.3. The third-order valence-corrected chi connectivity index (χ3v) is 7.26. The molecular weight excluding hydrogens is 396 g/mol. The number of thioether (sulfide) groups is 1. The molecule has 6 nitrogen and oxygen atoms in total. The highest BCUT2D eigenvalue weighted by molar-refractivity contribution is 8.00. The molecule has 1 fully saturated rings. The molecule has 0 bridgehead atoms. The first-order valence-electron chi connectivity index (χ1n) is 11.1. The van der Waals surface area contributed by atoms with Crippen molar-refractivity contribution in [3.8, 4) is 11.5 Å². The molecule has 164 valence electrons. The number of carbonyl (C=O) groups excluding carboxylic acids is 1. The summed E-state index contributed by atoms with van der Waals surface area (Å²) in [5.74, 6) is 1.67. The van der Waals surface area contributed by atoms with Crippen LogP contribution in [0.3, 0.4) is 0 Å². The van der Waals surface area contributed by atoms with Crippen LogP contribution in [0, 0.1) is 11.8 Å². The van der Waals surface area contributed by atoms with Crippen LogP contribution in [0.4, 0.5) is 5.69 Å². The number of nitrogens with one attached hydrogen (secondary N) is 1. The second-order valence-electron chi connectivity index (χ2n) is 8.23. The number of anilines is 1. The summed E-state index contributed by atoms with van der Waals surface area (Å²) in [6, 6.07) is 8.39. The molecule has 1 N–H and O–H groups in total. The summed E-state index contributed by atoms with van der Waals surface area (Å²) in [5.41, 5.74) is 2.06. The number of hydrogen-bond donors (Lipinski definition) is 1. The summed E-state index contributed by atoms with van der Waals surface area (Å²) in [6.45, 7) is 12.6. The molecule has 1 aliphatic rings. The zero-order chi connectivity index (χ0) is 21.7. The number of aromatic nitrogens is 2. The van der Waals surface area contributed by atoms with Gasteiger partial charge in [0.25, 0.3) is 5.22 Å². The van der Waals surface area contributed by atoms with Gasteiger partial charge in [-0.15, -0.1) is 10.2 Å². The quantitative estimate of drug-likeness (QED) is 0.594. The van der Waals surface area contributed by atoms with Crippen LogP contribution in [0.25, 0.3) is 11.5 Å². The summed E-state index contributed by atoms with van der Waals surface area (Å²) in [4.78, 5) is 15.0. The number of rotatable bonds is 8. The first-order valence-corrected chi connectivity index (χ1v) is 12.0. The van der Waals surface area contributed by atoms with E-state index in [2.05, 4.69) is 60.2 Å². The second-order valence-corrected chi connectivity index (χ2v) is 9.53. The van der Waals surface area contributed by atoms with Crippen molar-refractivity contribution in [2.75, 3.05) is 18.0 Å². The Morgan fingerprint density at radius 1 is 1.20 bits per heavy atom. The van der Waals surface area contributed by atoms with Gasteiger partial charge in [0.05, 0.1) is 5.25 Å². The fourth-order valence-corrected chi connectivity index (χ4v) is 4.76. The topological polar surface area (TPSA) is 71.3 Å². The van der Waals surface area contributed by atoms with Crippen molar-refractivity contribution in [3.63, 3.8) is 0 Å². The predicted octanol–water partition coefficient (Wildman–Crippen LogP) is 5.00. The van der Waals surface area contributed by atoms with E-state index in [1.165, 1.54) is 30.3 Å². The molecule has 1 heterocycles. The molecule has 0 unspecified atom stereocenters. The van der Waals surface area contributed by atoms with Gasteiger partial charge in [-0.2, -0.15) is 0 Å². The Morgan fingerprint density at radius 3 is 2.57 bits per heavy atom. The molecule has 0 spiro atoms. The van der Waals surface area contributed by atoms with Crippen molar-refractivity contribution >= 4 is 23.4 Å². The molecule has 0 aliphatic heterocycles. The minimum atomic E-state index is -0.284. The highest BCUT2D eigenvalue weighted by atomic mass is 32.2. The van der Waals surface area contributed by atoms with Crippen LogP contribution in [0.15, 0.2) is 33.9 Å². The lowest BCUT2D eigenvalue weighted by Crippen LogP contribution is -2.46. The SMILES string of the molecule is CCN(CC)c1ccc(-c2nnc(S[C@H](C)C(=O)N[C@@H]3CCC[C@@H](C)[C@H]3C)o2)cc1. The summed E-state index contributed by atoms with van der Waals surface area (Å²) >= 11 is 1.31. The first-order chi connectivity index (χ1) is 14.4. The van der Waals surface area contributed by atoms with Gasteiger partial charge < -0.3 is 14.6 Å². The minimum absolute atomic E-state index is 0.0364. The molecule has 7 heteroatoms. The van der Waals surface area contributed by atoms with Gasteiger partial charge in [-0.05, 0) is 63.3 Å². The third kappa shape index (κ3) is 5.36. The molecule has 0 saturated heterocycles. The van der Waals surface area contributed by atoms with Crippen LogP contribution in [0.2, 0.25) is 0 Å². The van der Waals surface area contributed by atoms with Crippen molar-refractivity contribution < 1.29 is 9.21 Å². The van der Waals surface area contributed by atoms with Crippen LogP contribution in [0.1, 0.15) is 53.9 Å². The average Bonchev–Trinajstić information content (AvgIpc) is 3.21. The van der Waals surface area contributed by atoms with E-state index in [1.54, 1.807) is 0 Å². The van der Waals surface area contributed by atoms with Gasteiger partial charge in [-0.3, -0.25) is 4.79 Å². The first kappa shape index (κ1) is 22.7. The van der Waals surface area contributed by atoms with E-state index in [4.69, 9.17) is 4.42 Å². The fraction of sp³-hybridized carbons (Fsp3) is 0.609. The number of benzene rings is 1. The largest absolute Gasteiger partial charge is 0.411 e. The molecule has 0 radical (unpaired) electrons. The summed E-state index contributed by atoms with van der Waals surface area (Å²) in [5, 5.41) is 11.7. The van der Waals surface area contributed by atoms with E-state index in [9.17, 15) is 4.79 Å². The summed E-state index contributed by atoms with van der Waals surface area (Å²) in [7, 11) is 0. The van der Waals surface area contributed by atoms with Gasteiger partial charge in [0.1, 0.15) is 0 Å². The molecule has 30 heavy (non-hydrogen) atoms. The molecule has 1 amide bonds. The molecule has 1 saturated carbocycles. The molecular formula is C23H34N4O2S. The lowest BCUT2D eigenvalue weighted by atomic mass is 9.78. The number of carbonyl (C=O) groups is 1. The van der Waals surface area contributed by atoms with Crippen LogP contribution in [0.5, 0.6) is 0 Å². The van der Waals surface area contributed by atoms with E-state index in [0.717, 1.165) is 25.1 Å². The smallest absolute Gasteiger partial charge is 0.277 e. The van der Waals surface area contributed by atoms with Crippen molar-refractivity contribution in [3.05, 3.63) is 24.3 Å². The van der Waals surface area contributed by atoms with Crippen LogP contribution in [-0.4, -0.2) is 40.5 Å². The maximum Gasteiger partial charge on any atom is 0.277 e. The van der Waals surface area contributed by atoms with Gasteiger partial charge in [0.15, 0.2) is 0 Å². The number of hydrogen-bond acceptors (Lipinski definition) is 6. The van der Waals surface area contributed by atoms with Gasteiger partial charge in [0, 0.05) is 30.4 Å². The summed E-state index contributed by atoms with van der Waals surface area (Å²) in [6.07, 6.45) is 3.49. The van der Waals surface area contributed by atoms with E-state index in [0.29, 0.717) is 22.9 Å². The number of amides is 1. The Bertz CT molecular complexity index is 819. The van der Waals surface area contributed by atoms with E-state index in [-0.39, 0.29) is 17.2 Å². The predicted molar refractivity (Wildman–Crippen MR) is 123 cm³/mol. The third-order valence-electron chi connectivity index (χ3n) is 6.33. The Labute approximate surface area is 184 Å². The van der Waals surface area contributed by atoms with Crippen molar-refractivity contribution in [2.45, 2.75) is 70.4 Å². The van der Waals surface area contributed by atoms with Gasteiger partial charge >= 0.3 is 0 Å². The molecule has 3 rings (SSSR count). The fourth-order valence-electron chi connectivity index (χ4n) is 4.07. The maximum atomic E-state index is 12.7. The van der Waals surface area contributed by atoms with Gasteiger partial charge in [-0.1, -0.05) is 38.5 Å². The van der Waals surface area contributed by atoms with Crippen LogP contribution in [-0.2, 0) is 4.79 Å². The Balaban J connectivity index is 1.58. The minimum Gasteiger partial charge on any atom is -0.411 e.